The maximum Gasteiger partial charge on any atom is 0.352 e. The van der Waals surface area contributed by atoms with E-state index in [-0.39, 0.29) is 42.2 Å². The van der Waals surface area contributed by atoms with Gasteiger partial charge in [-0.2, -0.15) is 4.98 Å². The second-order valence-corrected chi connectivity index (χ2v) is 10.3. The molecule has 4 N–H and O–H groups in total. The fraction of sp³-hybridized carbons (Fsp3) is 0.462. The van der Waals surface area contributed by atoms with Crippen LogP contribution in [0.15, 0.2) is 30.6 Å². The van der Waals surface area contributed by atoms with Crippen LogP contribution in [0.4, 0.5) is 11.8 Å². The van der Waals surface area contributed by atoms with Gasteiger partial charge in [-0.3, -0.25) is 9.59 Å². The summed E-state index contributed by atoms with van der Waals surface area (Å²) in [5, 5.41) is 13.5. The second kappa shape index (κ2) is 9.67. The zero-order valence-electron chi connectivity index (χ0n) is 20.9. The average Bonchev–Trinajstić information content (AvgIpc) is 3.64. The van der Waals surface area contributed by atoms with Crippen LogP contribution in [0.2, 0.25) is 0 Å². The molecule has 3 aromatic rings. The van der Waals surface area contributed by atoms with Crippen molar-refractivity contribution in [3.05, 3.63) is 41.9 Å². The van der Waals surface area contributed by atoms with Crippen molar-refractivity contribution in [3.8, 4) is 0 Å². The Morgan fingerprint density at radius 2 is 1.74 bits per heavy atom. The van der Waals surface area contributed by atoms with Gasteiger partial charge in [0.2, 0.25) is 11.9 Å². The molecule has 2 saturated heterocycles. The van der Waals surface area contributed by atoms with Crippen LogP contribution in [0, 0.1) is 0 Å². The maximum absolute atomic E-state index is 13.2. The summed E-state index contributed by atoms with van der Waals surface area (Å²) in [5.74, 6) is -0.384. The maximum atomic E-state index is 13.2. The molecule has 12 nitrogen and oxygen atoms in total. The monoisotopic (exact) mass is 518 g/mol. The summed E-state index contributed by atoms with van der Waals surface area (Å²) in [6.07, 6.45) is 8.87. The first-order chi connectivity index (χ1) is 18.4. The van der Waals surface area contributed by atoms with Crippen LogP contribution in [0.1, 0.15) is 65.4 Å². The molecule has 5 heterocycles. The predicted octanol–water partition coefficient (Wildman–Crippen LogP) is 2.16. The van der Waals surface area contributed by atoms with E-state index in [0.29, 0.717) is 41.5 Å². The van der Waals surface area contributed by atoms with Crippen LogP contribution >= 0.6 is 0 Å². The molecular weight excluding hydrogens is 488 g/mol. The lowest BCUT2D eigenvalue weighted by atomic mass is 10.1. The van der Waals surface area contributed by atoms with Crippen LogP contribution in [0.3, 0.4) is 0 Å². The van der Waals surface area contributed by atoms with Crippen molar-refractivity contribution >= 4 is 40.6 Å². The smallest absolute Gasteiger partial charge is 0.352 e. The van der Waals surface area contributed by atoms with E-state index in [9.17, 15) is 19.5 Å². The number of hydrogen-bond acceptors (Lipinski definition) is 8. The van der Waals surface area contributed by atoms with Gasteiger partial charge >= 0.3 is 5.97 Å². The molecule has 2 bridgehead atoms. The Balaban J connectivity index is 1.18. The van der Waals surface area contributed by atoms with Gasteiger partial charge in [0.1, 0.15) is 17.2 Å². The topological polar surface area (TPSA) is 160 Å². The molecule has 198 valence electrons. The summed E-state index contributed by atoms with van der Waals surface area (Å²) in [5.41, 5.74) is 6.84. The molecule has 0 spiro atoms. The van der Waals surface area contributed by atoms with Gasteiger partial charge in [0.15, 0.2) is 0 Å². The molecule has 12 heteroatoms. The lowest BCUT2D eigenvalue weighted by Gasteiger charge is -2.41. The number of nitrogens with one attached hydrogen (secondary N) is 1. The van der Waals surface area contributed by atoms with E-state index in [1.807, 2.05) is 9.47 Å². The Labute approximate surface area is 218 Å². The summed E-state index contributed by atoms with van der Waals surface area (Å²) >= 11 is 0. The Kier molecular flexibility index (Phi) is 6.18. The van der Waals surface area contributed by atoms with E-state index in [1.165, 1.54) is 6.20 Å². The molecule has 1 saturated carbocycles. The number of likely N-dealkylation sites (tertiary alicyclic amines) is 1. The highest BCUT2D eigenvalue weighted by molar-refractivity contribution is 5.95. The molecule has 3 aliphatic rings. The zero-order chi connectivity index (χ0) is 26.4. The molecule has 3 fully saturated rings. The Bertz CT molecular complexity index is 1380. The van der Waals surface area contributed by atoms with E-state index >= 15 is 0 Å². The molecule has 2 aliphatic heterocycles. The number of nitrogens with zero attached hydrogens (tertiary/aromatic N) is 6. The highest BCUT2D eigenvalue weighted by Gasteiger charge is 2.43. The predicted molar refractivity (Wildman–Crippen MR) is 138 cm³/mol. The summed E-state index contributed by atoms with van der Waals surface area (Å²) in [4.78, 5) is 54.2. The number of carboxylic acid groups (broad SMARTS) is 1. The van der Waals surface area contributed by atoms with Crippen molar-refractivity contribution < 1.29 is 19.5 Å². The quantitative estimate of drug-likeness (QED) is 0.444. The SMILES string of the molecule is NCC(=O)N1C2CCC1CN(C(=O)c1ccc(Nc3ncc4cc(C(=O)O)n(C5CCCC5)c4n3)nc1)C2. The number of pyridine rings is 1. The second-order valence-electron chi connectivity index (χ2n) is 10.3. The van der Waals surface area contributed by atoms with E-state index in [0.717, 1.165) is 38.5 Å². The first kappa shape index (κ1) is 24.3. The Morgan fingerprint density at radius 3 is 2.37 bits per heavy atom. The molecule has 2 unspecified atom stereocenters. The number of piperazine rings is 1. The normalized spacial score (nSPS) is 21.3. The highest BCUT2D eigenvalue weighted by Crippen LogP contribution is 2.35. The molecule has 2 atom stereocenters. The van der Waals surface area contributed by atoms with Gasteiger partial charge in [0, 0.05) is 49.0 Å². The number of carbonyl (C=O) groups excluding carboxylic acids is 2. The Hall–Kier alpha value is -4.06. The third-order valence-electron chi connectivity index (χ3n) is 7.97. The minimum Gasteiger partial charge on any atom is -0.477 e. The number of amides is 2. The van der Waals surface area contributed by atoms with Gasteiger partial charge in [-0.25, -0.2) is 14.8 Å². The number of carboxylic acids is 1. The van der Waals surface area contributed by atoms with Gasteiger partial charge in [-0.05, 0) is 43.9 Å². The molecule has 6 rings (SSSR count). The standard InChI is InChI=1S/C26H30N8O4/c27-10-22(35)33-18-6-7-19(33)14-32(13-18)24(36)15-5-8-21(28-11-15)30-26-29-12-16-9-20(25(37)38)34(23(16)31-26)17-3-1-2-4-17/h5,8-9,11-12,17-19H,1-4,6-7,10,13-14,27H2,(H,37,38)(H,28,29,30,31). The summed E-state index contributed by atoms with van der Waals surface area (Å²) in [6, 6.07) is 5.16. The zero-order valence-corrected chi connectivity index (χ0v) is 20.9. The average molecular weight is 519 g/mol. The fourth-order valence-corrected chi connectivity index (χ4v) is 6.24. The number of aromatic nitrogens is 4. The third-order valence-corrected chi connectivity index (χ3v) is 7.97. The van der Waals surface area contributed by atoms with Crippen molar-refractivity contribution in [1.29, 1.82) is 0 Å². The highest BCUT2D eigenvalue weighted by atomic mass is 16.4. The van der Waals surface area contributed by atoms with E-state index in [1.54, 1.807) is 29.3 Å². The minimum absolute atomic E-state index is 0.0108. The summed E-state index contributed by atoms with van der Waals surface area (Å²) < 4.78 is 1.82. The van der Waals surface area contributed by atoms with Crippen molar-refractivity contribution in [2.45, 2.75) is 56.7 Å². The Morgan fingerprint density at radius 1 is 1.00 bits per heavy atom. The van der Waals surface area contributed by atoms with Crippen LogP contribution in [0.5, 0.6) is 0 Å². The lowest BCUT2D eigenvalue weighted by molar-refractivity contribution is -0.134. The van der Waals surface area contributed by atoms with Gasteiger partial charge in [-0.15, -0.1) is 0 Å². The molecule has 3 aromatic heterocycles. The molecule has 0 aromatic carbocycles. The van der Waals surface area contributed by atoms with E-state index in [4.69, 9.17) is 5.73 Å². The van der Waals surface area contributed by atoms with Crippen LogP contribution in [0.25, 0.3) is 11.0 Å². The summed E-state index contributed by atoms with van der Waals surface area (Å²) in [7, 11) is 0. The number of fused-ring (bicyclic) bond motifs is 3. The van der Waals surface area contributed by atoms with Crippen molar-refractivity contribution in [2.75, 3.05) is 25.0 Å². The summed E-state index contributed by atoms with van der Waals surface area (Å²) in [6.45, 7) is 0.977. The van der Waals surface area contributed by atoms with E-state index < -0.39 is 5.97 Å². The molecule has 2 amide bonds. The first-order valence-corrected chi connectivity index (χ1v) is 13.1. The number of aromatic carboxylic acids is 1. The number of carbonyl (C=O) groups is 3. The number of nitrogens with two attached hydrogens (primary N) is 1. The van der Waals surface area contributed by atoms with Crippen LogP contribution < -0.4 is 11.1 Å². The van der Waals surface area contributed by atoms with Crippen LogP contribution in [-0.2, 0) is 4.79 Å². The number of hydrogen-bond donors (Lipinski definition) is 3. The van der Waals surface area contributed by atoms with Gasteiger partial charge in [0.05, 0.1) is 12.1 Å². The molecular formula is C26H30N8O4. The van der Waals surface area contributed by atoms with Crippen LogP contribution in [-0.4, -0.2) is 83.9 Å². The van der Waals surface area contributed by atoms with Gasteiger partial charge in [0.25, 0.3) is 5.91 Å². The van der Waals surface area contributed by atoms with E-state index in [2.05, 4.69) is 20.3 Å². The first-order valence-electron chi connectivity index (χ1n) is 13.1. The molecule has 0 radical (unpaired) electrons. The van der Waals surface area contributed by atoms with Crippen molar-refractivity contribution in [2.24, 2.45) is 5.73 Å². The number of rotatable bonds is 6. The fourth-order valence-electron chi connectivity index (χ4n) is 6.24. The van der Waals surface area contributed by atoms with Crippen molar-refractivity contribution in [1.82, 2.24) is 29.3 Å². The van der Waals surface area contributed by atoms with Gasteiger partial charge in [-0.1, -0.05) is 12.8 Å². The minimum atomic E-state index is -0.980. The molecule has 1 aliphatic carbocycles. The largest absolute Gasteiger partial charge is 0.477 e. The molecule has 38 heavy (non-hydrogen) atoms. The van der Waals surface area contributed by atoms with Crippen molar-refractivity contribution in [3.63, 3.8) is 0 Å². The lowest BCUT2D eigenvalue weighted by Crippen LogP contribution is -2.58. The third kappa shape index (κ3) is 4.24. The number of anilines is 2. The van der Waals surface area contributed by atoms with Gasteiger partial charge < -0.3 is 30.5 Å².